The highest BCUT2D eigenvalue weighted by molar-refractivity contribution is 5.94. The maximum Gasteiger partial charge on any atom is 0.401 e. The van der Waals surface area contributed by atoms with Gasteiger partial charge < -0.3 is 5.32 Å². The van der Waals surface area contributed by atoms with Crippen molar-refractivity contribution in [3.63, 3.8) is 0 Å². The van der Waals surface area contributed by atoms with E-state index in [0.717, 1.165) is 5.69 Å². The summed E-state index contributed by atoms with van der Waals surface area (Å²) in [7, 11) is 1.77. The number of amides is 1. The van der Waals surface area contributed by atoms with Gasteiger partial charge in [-0.05, 0) is 38.8 Å². The van der Waals surface area contributed by atoms with Crippen molar-refractivity contribution in [1.82, 2.24) is 20.0 Å². The molecule has 2 heterocycles. The number of aromatic nitrogens is 2. The van der Waals surface area contributed by atoms with E-state index in [9.17, 15) is 18.0 Å². The van der Waals surface area contributed by atoms with Crippen molar-refractivity contribution in [2.75, 3.05) is 26.2 Å². The smallest absolute Gasteiger partial charge is 0.352 e. The number of piperidine rings is 1. The number of nitrogens with one attached hydrogen (secondary N) is 1. The lowest BCUT2D eigenvalue weighted by molar-refractivity contribution is -0.148. The average Bonchev–Trinajstić information content (AvgIpc) is 2.76. The largest absolute Gasteiger partial charge is 0.401 e. The molecule has 0 unspecified atom stereocenters. The fraction of sp³-hybridized carbons (Fsp3) is 0.714. The molecule has 1 aliphatic heterocycles. The molecule has 1 amide bonds. The summed E-state index contributed by atoms with van der Waals surface area (Å²) in [6, 6.07) is 0. The van der Waals surface area contributed by atoms with Crippen LogP contribution >= 0.6 is 0 Å². The Morgan fingerprint density at radius 1 is 1.41 bits per heavy atom. The average molecular weight is 318 g/mol. The third kappa shape index (κ3) is 4.46. The summed E-state index contributed by atoms with van der Waals surface area (Å²) in [6.45, 7) is 2.31. The Kier molecular flexibility index (Phi) is 5.10. The number of nitrogens with zero attached hydrogens (tertiary/aromatic N) is 3. The van der Waals surface area contributed by atoms with E-state index in [0.29, 0.717) is 38.0 Å². The predicted molar refractivity (Wildman–Crippen MR) is 75.5 cm³/mol. The van der Waals surface area contributed by atoms with Crippen LogP contribution in [-0.2, 0) is 7.05 Å². The van der Waals surface area contributed by atoms with Gasteiger partial charge in [-0.2, -0.15) is 18.3 Å². The van der Waals surface area contributed by atoms with Crippen molar-refractivity contribution in [3.05, 3.63) is 17.5 Å². The van der Waals surface area contributed by atoms with Crippen molar-refractivity contribution in [3.8, 4) is 0 Å². The monoisotopic (exact) mass is 318 g/mol. The number of likely N-dealkylation sites (tertiary alicyclic amines) is 1. The molecular weight excluding hydrogens is 297 g/mol. The van der Waals surface area contributed by atoms with E-state index in [1.165, 1.54) is 11.1 Å². The van der Waals surface area contributed by atoms with Crippen LogP contribution in [-0.4, -0.2) is 52.9 Å². The number of aryl methyl sites for hydroxylation is 1. The molecule has 2 rings (SSSR count). The zero-order valence-corrected chi connectivity index (χ0v) is 12.8. The lowest BCUT2D eigenvalue weighted by atomic mass is 9.96. The van der Waals surface area contributed by atoms with Gasteiger partial charge in [0.2, 0.25) is 0 Å². The fourth-order valence-electron chi connectivity index (χ4n) is 2.66. The van der Waals surface area contributed by atoms with Crippen LogP contribution in [0.4, 0.5) is 13.2 Å². The zero-order valence-electron chi connectivity index (χ0n) is 12.8. The van der Waals surface area contributed by atoms with Gasteiger partial charge in [0.05, 0.1) is 18.3 Å². The van der Waals surface area contributed by atoms with Gasteiger partial charge in [0, 0.05) is 19.3 Å². The van der Waals surface area contributed by atoms with Crippen LogP contribution in [0.25, 0.3) is 0 Å². The van der Waals surface area contributed by atoms with Crippen molar-refractivity contribution >= 4 is 5.91 Å². The molecule has 0 aliphatic carbocycles. The first-order valence-corrected chi connectivity index (χ1v) is 7.32. The lowest BCUT2D eigenvalue weighted by Gasteiger charge is -2.32. The topological polar surface area (TPSA) is 50.2 Å². The maximum absolute atomic E-state index is 12.3. The first-order chi connectivity index (χ1) is 10.3. The third-order valence-electron chi connectivity index (χ3n) is 4.14. The standard InChI is InChI=1S/C14H21F3N4O/c1-10-12(8-19-20(10)2)13(22)18-7-11-3-5-21(6-4-11)9-14(15,16)17/h8,11H,3-7,9H2,1-2H3,(H,18,22). The highest BCUT2D eigenvalue weighted by atomic mass is 19.4. The minimum Gasteiger partial charge on any atom is -0.352 e. The third-order valence-corrected chi connectivity index (χ3v) is 4.14. The van der Waals surface area contributed by atoms with Crippen molar-refractivity contribution in [2.24, 2.45) is 13.0 Å². The summed E-state index contributed by atoms with van der Waals surface area (Å²) in [5.41, 5.74) is 1.33. The van der Waals surface area contributed by atoms with Crippen LogP contribution < -0.4 is 5.32 Å². The molecule has 1 saturated heterocycles. The SMILES string of the molecule is Cc1c(C(=O)NCC2CCN(CC(F)(F)F)CC2)cnn1C. The maximum atomic E-state index is 12.3. The van der Waals surface area contributed by atoms with E-state index in [2.05, 4.69) is 10.4 Å². The van der Waals surface area contributed by atoms with Crippen LogP contribution in [0.5, 0.6) is 0 Å². The van der Waals surface area contributed by atoms with E-state index >= 15 is 0 Å². The second-order valence-electron chi connectivity index (χ2n) is 5.81. The molecule has 1 aliphatic rings. The number of alkyl halides is 3. The number of halogens is 3. The van der Waals surface area contributed by atoms with E-state index in [1.807, 2.05) is 6.92 Å². The normalized spacial score (nSPS) is 17.7. The van der Waals surface area contributed by atoms with Gasteiger partial charge in [-0.3, -0.25) is 14.4 Å². The minimum absolute atomic E-state index is 0.177. The molecule has 5 nitrogen and oxygen atoms in total. The van der Waals surface area contributed by atoms with E-state index < -0.39 is 12.7 Å². The molecule has 0 atom stereocenters. The Hall–Kier alpha value is -1.57. The molecule has 124 valence electrons. The molecule has 0 spiro atoms. The Morgan fingerprint density at radius 2 is 2.05 bits per heavy atom. The van der Waals surface area contributed by atoms with Gasteiger partial charge in [-0.25, -0.2) is 0 Å². The van der Waals surface area contributed by atoms with Crippen molar-refractivity contribution < 1.29 is 18.0 Å². The Morgan fingerprint density at radius 3 is 2.55 bits per heavy atom. The molecule has 1 aromatic rings. The van der Waals surface area contributed by atoms with Gasteiger partial charge in [0.15, 0.2) is 0 Å². The molecule has 1 N–H and O–H groups in total. The minimum atomic E-state index is -4.14. The van der Waals surface area contributed by atoms with Gasteiger partial charge in [-0.15, -0.1) is 0 Å². The number of rotatable bonds is 4. The summed E-state index contributed by atoms with van der Waals surface area (Å²) in [6.07, 6.45) is -1.28. The van der Waals surface area contributed by atoms with Crippen molar-refractivity contribution in [1.29, 1.82) is 0 Å². The van der Waals surface area contributed by atoms with Gasteiger partial charge in [0.1, 0.15) is 0 Å². The van der Waals surface area contributed by atoms with E-state index in [4.69, 9.17) is 0 Å². The number of hydrogen-bond donors (Lipinski definition) is 1. The highest BCUT2D eigenvalue weighted by Gasteiger charge is 2.32. The van der Waals surface area contributed by atoms with Crippen LogP contribution in [0.2, 0.25) is 0 Å². The molecule has 1 aromatic heterocycles. The summed E-state index contributed by atoms with van der Waals surface area (Å²) in [4.78, 5) is 13.5. The van der Waals surface area contributed by atoms with Crippen LogP contribution in [0.1, 0.15) is 28.9 Å². The summed E-state index contributed by atoms with van der Waals surface area (Å²) < 4.78 is 38.6. The van der Waals surface area contributed by atoms with Gasteiger partial charge in [-0.1, -0.05) is 0 Å². The molecule has 8 heteroatoms. The van der Waals surface area contributed by atoms with Gasteiger partial charge >= 0.3 is 6.18 Å². The number of hydrogen-bond acceptors (Lipinski definition) is 3. The zero-order chi connectivity index (χ0) is 16.3. The predicted octanol–water partition coefficient (Wildman–Crippen LogP) is 1.73. The van der Waals surface area contributed by atoms with Crippen LogP contribution in [0.15, 0.2) is 6.20 Å². The fourth-order valence-corrected chi connectivity index (χ4v) is 2.66. The first kappa shape index (κ1) is 16.8. The Bertz CT molecular complexity index is 519. The molecule has 0 aromatic carbocycles. The molecule has 0 radical (unpaired) electrons. The summed E-state index contributed by atoms with van der Waals surface area (Å²) >= 11 is 0. The second kappa shape index (κ2) is 6.68. The van der Waals surface area contributed by atoms with Gasteiger partial charge in [0.25, 0.3) is 5.91 Å². The highest BCUT2D eigenvalue weighted by Crippen LogP contribution is 2.22. The van der Waals surface area contributed by atoms with E-state index in [1.54, 1.807) is 11.7 Å². The first-order valence-electron chi connectivity index (χ1n) is 7.32. The molecule has 1 fully saturated rings. The quantitative estimate of drug-likeness (QED) is 0.920. The number of carbonyl (C=O) groups excluding carboxylic acids is 1. The molecule has 22 heavy (non-hydrogen) atoms. The molecule has 0 bridgehead atoms. The van der Waals surface area contributed by atoms with E-state index in [-0.39, 0.29) is 11.8 Å². The second-order valence-corrected chi connectivity index (χ2v) is 5.81. The number of carbonyl (C=O) groups is 1. The lowest BCUT2D eigenvalue weighted by Crippen LogP contribution is -2.42. The van der Waals surface area contributed by atoms with Crippen LogP contribution in [0, 0.1) is 12.8 Å². The Labute approximate surface area is 127 Å². The summed E-state index contributed by atoms with van der Waals surface area (Å²) in [5, 5.41) is 6.87. The molecule has 0 saturated carbocycles. The van der Waals surface area contributed by atoms with Crippen LogP contribution in [0.3, 0.4) is 0 Å². The van der Waals surface area contributed by atoms with Crippen molar-refractivity contribution in [2.45, 2.75) is 25.9 Å². The Balaban J connectivity index is 1.75. The summed E-state index contributed by atoms with van der Waals surface area (Å²) in [5.74, 6) is 0.0498. The molecular formula is C14H21F3N4O.